The third kappa shape index (κ3) is 2.84. The van der Waals surface area contributed by atoms with Gasteiger partial charge < -0.3 is 10.0 Å². The number of hydrogen-bond acceptors (Lipinski definition) is 3. The molecule has 1 aliphatic carbocycles. The predicted octanol–water partition coefficient (Wildman–Crippen LogP) is 3.78. The van der Waals surface area contributed by atoms with E-state index in [-0.39, 0.29) is 12.0 Å². The highest BCUT2D eigenvalue weighted by molar-refractivity contribution is 9.10. The molecule has 1 aliphatic heterocycles. The van der Waals surface area contributed by atoms with Crippen LogP contribution in [0.1, 0.15) is 53.2 Å². The zero-order valence-electron chi connectivity index (χ0n) is 13.8. The SMILES string of the molecule is Cc1c(C2CC2)nc2ccc(Br)cc2c1C(=O)N1CCC(O)CC1. The van der Waals surface area contributed by atoms with E-state index in [1.165, 1.54) is 12.8 Å². The molecule has 126 valence electrons. The number of hydrogen-bond donors (Lipinski definition) is 1. The smallest absolute Gasteiger partial charge is 0.254 e. The number of carbonyl (C=O) groups excluding carboxylic acids is 1. The van der Waals surface area contributed by atoms with Gasteiger partial charge in [-0.15, -0.1) is 0 Å². The number of fused-ring (bicyclic) bond motifs is 1. The first-order valence-electron chi connectivity index (χ1n) is 8.61. The van der Waals surface area contributed by atoms with Crippen molar-refractivity contribution in [2.24, 2.45) is 0 Å². The molecule has 1 amide bonds. The first-order valence-corrected chi connectivity index (χ1v) is 9.41. The minimum absolute atomic E-state index is 0.0757. The Labute approximate surface area is 150 Å². The maximum Gasteiger partial charge on any atom is 0.254 e. The summed E-state index contributed by atoms with van der Waals surface area (Å²) >= 11 is 3.52. The number of nitrogens with zero attached hydrogens (tertiary/aromatic N) is 2. The van der Waals surface area contributed by atoms with Crippen LogP contribution in [0.5, 0.6) is 0 Å². The molecule has 4 rings (SSSR count). The minimum Gasteiger partial charge on any atom is -0.393 e. The molecule has 1 saturated carbocycles. The van der Waals surface area contributed by atoms with Gasteiger partial charge in [-0.05, 0) is 56.4 Å². The van der Waals surface area contributed by atoms with Crippen LogP contribution in [-0.4, -0.2) is 40.1 Å². The molecule has 1 aromatic heterocycles. The quantitative estimate of drug-likeness (QED) is 0.851. The molecule has 4 nitrogen and oxygen atoms in total. The van der Waals surface area contributed by atoms with Crippen LogP contribution in [0, 0.1) is 6.92 Å². The van der Waals surface area contributed by atoms with Crippen molar-refractivity contribution in [2.45, 2.75) is 44.6 Å². The van der Waals surface area contributed by atoms with E-state index in [2.05, 4.69) is 15.9 Å². The second-order valence-corrected chi connectivity index (χ2v) is 7.87. The Kier molecular flexibility index (Phi) is 4.09. The van der Waals surface area contributed by atoms with E-state index >= 15 is 0 Å². The number of amides is 1. The van der Waals surface area contributed by atoms with Crippen LogP contribution in [0.3, 0.4) is 0 Å². The van der Waals surface area contributed by atoms with Crippen molar-refractivity contribution in [3.63, 3.8) is 0 Å². The molecule has 0 atom stereocenters. The van der Waals surface area contributed by atoms with Gasteiger partial charge in [-0.2, -0.15) is 0 Å². The molecule has 0 spiro atoms. The Morgan fingerprint density at radius 1 is 1.25 bits per heavy atom. The standard InChI is InChI=1S/C19H21BrN2O2/c1-11-17(19(24)22-8-6-14(23)7-9-22)15-10-13(20)4-5-16(15)21-18(11)12-2-3-12/h4-5,10,12,14,23H,2-3,6-9H2,1H3. The highest BCUT2D eigenvalue weighted by Crippen LogP contribution is 2.42. The Hall–Kier alpha value is -1.46. The Morgan fingerprint density at radius 3 is 2.62 bits per heavy atom. The largest absolute Gasteiger partial charge is 0.393 e. The molecular weight excluding hydrogens is 368 g/mol. The van der Waals surface area contributed by atoms with Crippen molar-refractivity contribution >= 4 is 32.7 Å². The summed E-state index contributed by atoms with van der Waals surface area (Å²) in [7, 11) is 0. The van der Waals surface area contributed by atoms with Gasteiger partial charge >= 0.3 is 0 Å². The Bertz CT molecular complexity index is 809. The third-order valence-electron chi connectivity index (χ3n) is 5.16. The number of halogens is 1. The number of aliphatic hydroxyl groups excluding tert-OH is 1. The average molecular weight is 389 g/mol. The first kappa shape index (κ1) is 16.0. The van der Waals surface area contributed by atoms with E-state index < -0.39 is 0 Å². The van der Waals surface area contributed by atoms with Gasteiger partial charge in [0.25, 0.3) is 5.91 Å². The van der Waals surface area contributed by atoms with Crippen LogP contribution in [0.2, 0.25) is 0 Å². The monoisotopic (exact) mass is 388 g/mol. The molecule has 1 N–H and O–H groups in total. The summed E-state index contributed by atoms with van der Waals surface area (Å²) < 4.78 is 0.957. The zero-order valence-corrected chi connectivity index (χ0v) is 15.3. The van der Waals surface area contributed by atoms with Gasteiger partial charge in [0.1, 0.15) is 0 Å². The van der Waals surface area contributed by atoms with Gasteiger partial charge in [0.05, 0.1) is 17.2 Å². The van der Waals surface area contributed by atoms with E-state index in [1.54, 1.807) is 0 Å². The number of carbonyl (C=O) groups is 1. The van der Waals surface area contributed by atoms with Crippen LogP contribution in [0.15, 0.2) is 22.7 Å². The van der Waals surface area contributed by atoms with Gasteiger partial charge in [0, 0.05) is 34.6 Å². The van der Waals surface area contributed by atoms with E-state index in [0.717, 1.165) is 32.2 Å². The van der Waals surface area contributed by atoms with Crippen molar-refractivity contribution in [3.8, 4) is 0 Å². The number of likely N-dealkylation sites (tertiary alicyclic amines) is 1. The summed E-state index contributed by atoms with van der Waals surface area (Å²) in [5.74, 6) is 0.583. The van der Waals surface area contributed by atoms with E-state index in [9.17, 15) is 9.90 Å². The summed E-state index contributed by atoms with van der Waals surface area (Å²) in [6.07, 6.45) is 3.37. The maximum atomic E-state index is 13.2. The lowest BCUT2D eigenvalue weighted by atomic mass is 9.97. The molecule has 2 aliphatic rings. The topological polar surface area (TPSA) is 53.4 Å². The third-order valence-corrected chi connectivity index (χ3v) is 5.65. The second-order valence-electron chi connectivity index (χ2n) is 6.96. The average Bonchev–Trinajstić information content (AvgIpc) is 3.39. The molecule has 2 heterocycles. The van der Waals surface area contributed by atoms with Crippen LogP contribution in [0.4, 0.5) is 0 Å². The molecule has 0 radical (unpaired) electrons. The molecule has 24 heavy (non-hydrogen) atoms. The molecule has 0 bridgehead atoms. The van der Waals surface area contributed by atoms with Gasteiger partial charge in [0.15, 0.2) is 0 Å². The van der Waals surface area contributed by atoms with Crippen molar-refractivity contribution in [2.75, 3.05) is 13.1 Å². The molecule has 2 fully saturated rings. The highest BCUT2D eigenvalue weighted by Gasteiger charge is 2.31. The Balaban J connectivity index is 1.84. The summed E-state index contributed by atoms with van der Waals surface area (Å²) in [4.78, 5) is 20.0. The van der Waals surface area contributed by atoms with Gasteiger partial charge in [-0.1, -0.05) is 15.9 Å². The molecule has 1 saturated heterocycles. The van der Waals surface area contributed by atoms with Crippen LogP contribution in [0.25, 0.3) is 10.9 Å². The number of aliphatic hydroxyl groups is 1. The summed E-state index contributed by atoms with van der Waals surface area (Å²) in [6, 6.07) is 5.96. The van der Waals surface area contributed by atoms with Crippen molar-refractivity contribution in [1.82, 2.24) is 9.88 Å². The van der Waals surface area contributed by atoms with Crippen molar-refractivity contribution < 1.29 is 9.90 Å². The molecule has 2 aromatic rings. The second kappa shape index (κ2) is 6.12. The zero-order chi connectivity index (χ0) is 16.8. The number of aromatic nitrogens is 1. The first-order chi connectivity index (χ1) is 11.5. The number of rotatable bonds is 2. The molecule has 5 heteroatoms. The molecule has 1 aromatic carbocycles. The lowest BCUT2D eigenvalue weighted by Crippen LogP contribution is -2.40. The summed E-state index contributed by atoms with van der Waals surface area (Å²) in [6.45, 7) is 3.28. The molecular formula is C19H21BrN2O2. The van der Waals surface area contributed by atoms with Crippen LogP contribution < -0.4 is 0 Å². The highest BCUT2D eigenvalue weighted by atomic mass is 79.9. The van der Waals surface area contributed by atoms with E-state index in [4.69, 9.17) is 4.98 Å². The lowest BCUT2D eigenvalue weighted by Gasteiger charge is -2.30. The fourth-order valence-corrected chi connectivity index (χ4v) is 3.97. The Morgan fingerprint density at radius 2 is 1.96 bits per heavy atom. The predicted molar refractivity (Wildman–Crippen MR) is 97.3 cm³/mol. The number of benzene rings is 1. The van der Waals surface area contributed by atoms with Crippen LogP contribution in [-0.2, 0) is 0 Å². The van der Waals surface area contributed by atoms with Crippen LogP contribution >= 0.6 is 15.9 Å². The van der Waals surface area contributed by atoms with E-state index in [1.807, 2.05) is 30.0 Å². The molecule has 0 unspecified atom stereocenters. The van der Waals surface area contributed by atoms with Crippen molar-refractivity contribution in [3.05, 3.63) is 39.5 Å². The van der Waals surface area contributed by atoms with Crippen molar-refractivity contribution in [1.29, 1.82) is 0 Å². The normalized spacial score (nSPS) is 19.0. The fraction of sp³-hybridized carbons (Fsp3) is 0.474. The van der Waals surface area contributed by atoms with Gasteiger partial charge in [-0.3, -0.25) is 9.78 Å². The summed E-state index contributed by atoms with van der Waals surface area (Å²) in [5, 5.41) is 10.6. The maximum absolute atomic E-state index is 13.2. The number of pyridine rings is 1. The lowest BCUT2D eigenvalue weighted by molar-refractivity contribution is 0.0547. The fourth-order valence-electron chi connectivity index (χ4n) is 3.61. The van der Waals surface area contributed by atoms with Gasteiger partial charge in [0.2, 0.25) is 0 Å². The minimum atomic E-state index is -0.277. The summed E-state index contributed by atoms with van der Waals surface area (Å²) in [5.41, 5.74) is 3.80. The van der Waals surface area contributed by atoms with E-state index in [0.29, 0.717) is 31.8 Å². The number of piperidine rings is 1. The van der Waals surface area contributed by atoms with Gasteiger partial charge in [-0.25, -0.2) is 0 Å².